The van der Waals surface area contributed by atoms with Crippen molar-refractivity contribution >= 4 is 61.2 Å². The van der Waals surface area contributed by atoms with Gasteiger partial charge in [0.15, 0.2) is 0 Å². The van der Waals surface area contributed by atoms with Crippen molar-refractivity contribution < 1.29 is 0 Å². The predicted molar refractivity (Wildman–Crippen MR) is 424 cm³/mol. The fraction of sp³-hybridized carbons (Fsp3) is 0.143. The molecule has 14 aromatic rings. The lowest BCUT2D eigenvalue weighted by atomic mass is 9.80. The number of hydrogen-bond donors (Lipinski definition) is 0. The number of hydrogen-bond acceptors (Lipinski definition) is 2. The fourth-order valence-corrected chi connectivity index (χ4v) is 18.6. The molecule has 100 heavy (non-hydrogen) atoms. The van der Waals surface area contributed by atoms with Crippen LogP contribution in [0, 0.1) is 0 Å². The van der Waals surface area contributed by atoms with Crippen LogP contribution < -0.4 is 9.80 Å². The van der Waals surface area contributed by atoms with Crippen molar-refractivity contribution in [3.63, 3.8) is 0 Å². The Morgan fingerprint density at radius 2 is 0.560 bits per heavy atom. The molecule has 0 N–H and O–H groups in total. The number of nitrogens with zero attached hydrogens (tertiary/aromatic N) is 2. The van der Waals surface area contributed by atoms with E-state index in [1.807, 2.05) is 0 Å². The van der Waals surface area contributed by atoms with Gasteiger partial charge in [-0.3, -0.25) is 0 Å². The van der Waals surface area contributed by atoms with Crippen LogP contribution in [0.4, 0.5) is 34.1 Å². The van der Waals surface area contributed by atoms with Crippen molar-refractivity contribution in [2.24, 2.45) is 0 Å². The lowest BCUT2D eigenvalue weighted by molar-refractivity contribution is 0.651. The molecular weight excluding hydrogens is 1210 g/mol. The Hall–Kier alpha value is -11.3. The molecule has 0 saturated heterocycles. The van der Waals surface area contributed by atoms with E-state index in [0.717, 1.165) is 58.1 Å². The molecule has 2 heteroatoms. The minimum Gasteiger partial charge on any atom is -0.310 e. The first-order valence-electron chi connectivity index (χ1n) is 35.8. The van der Waals surface area contributed by atoms with Crippen molar-refractivity contribution in [3.8, 4) is 77.9 Å². The van der Waals surface area contributed by atoms with Crippen LogP contribution in [0.15, 0.2) is 309 Å². The topological polar surface area (TPSA) is 6.48 Å². The summed E-state index contributed by atoms with van der Waals surface area (Å²) in [5, 5.41) is 4.73. The maximum absolute atomic E-state index is 2.57. The Labute approximate surface area is 588 Å². The molecule has 0 bridgehead atoms. The van der Waals surface area contributed by atoms with Gasteiger partial charge in [0.05, 0.1) is 0 Å². The first-order valence-corrected chi connectivity index (χ1v) is 35.8. The monoisotopic (exact) mass is 1280 g/mol. The Bertz CT molecular complexity index is 5740. The molecule has 0 aromatic heterocycles. The molecule has 0 saturated carbocycles. The zero-order valence-electron chi connectivity index (χ0n) is 58.2. The van der Waals surface area contributed by atoms with Crippen molar-refractivity contribution in [1.82, 2.24) is 0 Å². The van der Waals surface area contributed by atoms with Gasteiger partial charge in [0, 0.05) is 55.8 Å². The third kappa shape index (κ3) is 8.95. The lowest BCUT2D eigenvalue weighted by Crippen LogP contribution is -2.18. The van der Waals surface area contributed by atoms with E-state index in [-0.39, 0.29) is 21.7 Å². The van der Waals surface area contributed by atoms with Gasteiger partial charge in [-0.15, -0.1) is 0 Å². The Morgan fingerprint density at radius 3 is 0.970 bits per heavy atom. The third-order valence-electron chi connectivity index (χ3n) is 23.7. The minimum absolute atomic E-state index is 0.159. The van der Waals surface area contributed by atoms with E-state index in [1.54, 1.807) is 0 Å². The molecule has 14 aromatic carbocycles. The number of benzene rings is 14. The van der Waals surface area contributed by atoms with Crippen molar-refractivity contribution in [2.75, 3.05) is 9.80 Å². The highest BCUT2D eigenvalue weighted by Gasteiger charge is 2.41. The summed E-state index contributed by atoms with van der Waals surface area (Å²) in [7, 11) is 0. The highest BCUT2D eigenvalue weighted by Crippen LogP contribution is 2.58. The second kappa shape index (κ2) is 22.1. The van der Waals surface area contributed by atoms with E-state index in [2.05, 4.69) is 369 Å². The normalized spacial score (nSPS) is 15.6. The van der Waals surface area contributed by atoms with Gasteiger partial charge in [0.25, 0.3) is 0 Å². The van der Waals surface area contributed by atoms with Crippen LogP contribution in [0.5, 0.6) is 0 Å². The standard InChI is InChI=1S/C98H78N2/c1-95(2)85-37-19-15-33-73(85)77-47-41-69(57-89(77)95)99(70-42-48-78-74-34-16-20-38-86(74)96(3,4)90(78)58-70)67-45-51-81-83(55-67)93(65-31-23-29-63(53-65)61-25-11-9-12-26-61)82-52-46-68(56-84(82)94(81)66-32-24-30-64(54-66)62-27-13-10-14-28-62)100(71-43-49-79-75-35-17-21-39-87(75)97(5,6)91(79)59-71)72-44-50-80-76-36-18-22-40-88(76)98(7,8)92(80)60-72/h9-17,19-35,37-60H,18,36H2,1-8H3. The van der Waals surface area contributed by atoms with Gasteiger partial charge in [0.2, 0.25) is 0 Å². The van der Waals surface area contributed by atoms with Gasteiger partial charge in [-0.2, -0.15) is 0 Å². The SMILES string of the molecule is CC1(C)C2=C(CCC=C2)c2ccc(N(c3ccc4c(c3)C(C)(C)c3ccccc3-4)c3ccc4c(-c5cccc(-c6ccccc6)c5)c5cc(N(c6ccc7c(c6)C(C)(C)c6ccccc6-7)c6ccc7c(c6)C(C)(C)c6ccccc6-7)ccc5c(-c5cccc(-c6ccccc6)c5)c4c3)cc21. The molecular formula is C98H78N2. The number of anilines is 6. The zero-order valence-corrected chi connectivity index (χ0v) is 58.2. The first kappa shape index (κ1) is 59.9. The van der Waals surface area contributed by atoms with Crippen LogP contribution >= 0.6 is 0 Å². The quantitative estimate of drug-likeness (QED) is 0.126. The highest BCUT2D eigenvalue weighted by atomic mass is 15.1. The van der Waals surface area contributed by atoms with Gasteiger partial charge >= 0.3 is 0 Å². The summed E-state index contributed by atoms with van der Waals surface area (Å²) >= 11 is 0. The van der Waals surface area contributed by atoms with Crippen LogP contribution in [0.3, 0.4) is 0 Å². The smallest absolute Gasteiger partial charge is 0.0468 e. The van der Waals surface area contributed by atoms with Gasteiger partial charge in [0.1, 0.15) is 0 Å². The molecule has 0 radical (unpaired) electrons. The average Bonchev–Trinajstić information content (AvgIpc) is 1.21. The van der Waals surface area contributed by atoms with Crippen LogP contribution in [0.25, 0.3) is 105 Å². The van der Waals surface area contributed by atoms with E-state index >= 15 is 0 Å². The maximum Gasteiger partial charge on any atom is 0.0468 e. The average molecular weight is 1280 g/mol. The van der Waals surface area contributed by atoms with Crippen LogP contribution in [0.1, 0.15) is 113 Å². The van der Waals surface area contributed by atoms with Gasteiger partial charge in [-0.25, -0.2) is 0 Å². The molecule has 5 aliphatic rings. The fourth-order valence-electron chi connectivity index (χ4n) is 18.6. The van der Waals surface area contributed by atoms with E-state index in [0.29, 0.717) is 0 Å². The molecule has 0 spiro atoms. The second-order valence-electron chi connectivity index (χ2n) is 30.7. The summed E-state index contributed by atoms with van der Waals surface area (Å²) < 4.78 is 0. The first-order chi connectivity index (χ1) is 48.6. The zero-order chi connectivity index (χ0) is 67.6. The molecule has 19 rings (SSSR count). The van der Waals surface area contributed by atoms with Gasteiger partial charge < -0.3 is 9.80 Å². The highest BCUT2D eigenvalue weighted by molar-refractivity contribution is 6.23. The molecule has 5 aliphatic carbocycles. The van der Waals surface area contributed by atoms with Crippen LogP contribution in [0.2, 0.25) is 0 Å². The summed E-state index contributed by atoms with van der Waals surface area (Å²) in [6.45, 7) is 19.3. The molecule has 0 amide bonds. The van der Waals surface area contributed by atoms with Crippen LogP contribution in [-0.2, 0) is 21.7 Å². The third-order valence-corrected chi connectivity index (χ3v) is 23.7. The largest absolute Gasteiger partial charge is 0.310 e. The van der Waals surface area contributed by atoms with Gasteiger partial charge in [-0.1, -0.05) is 274 Å². The predicted octanol–water partition coefficient (Wildman–Crippen LogP) is 26.9. The molecule has 0 atom stereocenters. The Kier molecular flexibility index (Phi) is 13.2. The van der Waals surface area contributed by atoms with Crippen molar-refractivity contribution in [3.05, 3.63) is 353 Å². The van der Waals surface area contributed by atoms with E-state index in [4.69, 9.17) is 0 Å². The Balaban J connectivity index is 0.895. The second-order valence-corrected chi connectivity index (χ2v) is 30.7. The summed E-state index contributed by atoms with van der Waals surface area (Å²) in [6.07, 6.45) is 6.92. The molecule has 0 fully saturated rings. The molecule has 0 unspecified atom stereocenters. The number of fused-ring (bicyclic) bond motifs is 13. The lowest BCUT2D eigenvalue weighted by Gasteiger charge is -2.31. The number of allylic oxidation sites excluding steroid dienone is 4. The summed E-state index contributed by atoms with van der Waals surface area (Å²) in [6, 6.07) is 111. The molecule has 0 heterocycles. The van der Waals surface area contributed by atoms with E-state index in [1.165, 1.54) is 144 Å². The Morgan fingerprint density at radius 1 is 0.240 bits per heavy atom. The number of rotatable bonds is 10. The summed E-state index contributed by atoms with van der Waals surface area (Å²) in [5.74, 6) is 0. The van der Waals surface area contributed by atoms with Crippen molar-refractivity contribution in [2.45, 2.75) is 89.9 Å². The molecule has 0 aliphatic heterocycles. The van der Waals surface area contributed by atoms with Crippen LogP contribution in [-0.4, -0.2) is 0 Å². The van der Waals surface area contributed by atoms with Gasteiger partial charge in [-0.05, 0) is 253 Å². The summed E-state index contributed by atoms with van der Waals surface area (Å²) in [5.41, 5.74) is 37.1. The van der Waals surface area contributed by atoms with E-state index in [9.17, 15) is 0 Å². The maximum atomic E-state index is 2.57. The minimum atomic E-state index is -0.208. The summed E-state index contributed by atoms with van der Waals surface area (Å²) in [4.78, 5) is 5.12. The van der Waals surface area contributed by atoms with Crippen molar-refractivity contribution in [1.29, 1.82) is 0 Å². The molecule has 480 valence electrons. The molecule has 2 nitrogen and oxygen atoms in total. The van der Waals surface area contributed by atoms with E-state index < -0.39 is 0 Å².